The SMILES string of the molecule is Cc1ccccc1N(CCCC(=O)N(Cc1cccc(Cl)c1)C(Cc1ccccc1)C(=O)NC(C)C)S(C)(=O)=O. The van der Waals surface area contributed by atoms with E-state index in [2.05, 4.69) is 5.32 Å². The highest BCUT2D eigenvalue weighted by Gasteiger charge is 2.31. The zero-order valence-electron chi connectivity index (χ0n) is 23.5. The summed E-state index contributed by atoms with van der Waals surface area (Å²) in [5.74, 6) is -0.482. The standard InChI is InChI=1S/C31H38ClN3O4S/c1-23(2)33-31(37)29(21-25-13-6-5-7-14-25)34(22-26-15-10-16-27(32)20-26)30(36)18-11-19-35(40(4,38)39)28-17-9-8-12-24(28)3/h5-10,12-17,20,23,29H,11,18-19,21-22H2,1-4H3,(H,33,37). The topological polar surface area (TPSA) is 86.8 Å². The van der Waals surface area contributed by atoms with E-state index in [1.54, 1.807) is 29.2 Å². The maximum atomic E-state index is 13.8. The van der Waals surface area contributed by atoms with Crippen LogP contribution in [0.15, 0.2) is 78.9 Å². The number of amides is 2. The molecule has 0 heterocycles. The van der Waals surface area contributed by atoms with Crippen molar-refractivity contribution in [3.63, 3.8) is 0 Å². The quantitative estimate of drug-likeness (QED) is 0.293. The van der Waals surface area contributed by atoms with Gasteiger partial charge < -0.3 is 10.2 Å². The molecule has 40 heavy (non-hydrogen) atoms. The van der Waals surface area contributed by atoms with E-state index < -0.39 is 16.1 Å². The molecule has 0 aliphatic carbocycles. The van der Waals surface area contributed by atoms with E-state index in [0.717, 1.165) is 16.7 Å². The van der Waals surface area contributed by atoms with Crippen molar-refractivity contribution in [3.05, 3.63) is 101 Å². The number of halogens is 1. The molecular weight excluding hydrogens is 546 g/mol. The molecule has 7 nitrogen and oxygen atoms in total. The van der Waals surface area contributed by atoms with E-state index in [0.29, 0.717) is 17.1 Å². The first-order chi connectivity index (χ1) is 19.0. The third-order valence-corrected chi connectivity index (χ3v) is 7.90. The van der Waals surface area contributed by atoms with Crippen molar-refractivity contribution in [2.75, 3.05) is 17.1 Å². The van der Waals surface area contributed by atoms with Gasteiger partial charge in [-0.15, -0.1) is 0 Å². The van der Waals surface area contributed by atoms with Crippen LogP contribution in [0.3, 0.4) is 0 Å². The number of nitrogens with zero attached hydrogens (tertiary/aromatic N) is 2. The molecule has 0 bridgehead atoms. The predicted octanol–water partition coefficient (Wildman–Crippen LogP) is 5.36. The number of hydrogen-bond donors (Lipinski definition) is 1. The van der Waals surface area contributed by atoms with Gasteiger partial charge in [0.2, 0.25) is 21.8 Å². The molecule has 9 heteroatoms. The molecule has 0 spiro atoms. The minimum atomic E-state index is -3.57. The zero-order valence-corrected chi connectivity index (χ0v) is 25.1. The third kappa shape index (κ3) is 9.10. The number of anilines is 1. The minimum absolute atomic E-state index is 0.0682. The molecule has 0 radical (unpaired) electrons. The summed E-state index contributed by atoms with van der Waals surface area (Å²) in [5, 5.41) is 3.51. The first kappa shape index (κ1) is 31.2. The van der Waals surface area contributed by atoms with E-state index in [1.807, 2.05) is 75.4 Å². The lowest BCUT2D eigenvalue weighted by Crippen LogP contribution is -2.51. The number of hydrogen-bond acceptors (Lipinski definition) is 4. The summed E-state index contributed by atoms with van der Waals surface area (Å²) in [7, 11) is -3.57. The molecule has 0 saturated carbocycles. The van der Waals surface area contributed by atoms with Gasteiger partial charge in [0.1, 0.15) is 6.04 Å². The molecule has 1 unspecified atom stereocenters. The predicted molar refractivity (Wildman–Crippen MR) is 162 cm³/mol. The van der Waals surface area contributed by atoms with Crippen molar-refractivity contribution >= 4 is 39.1 Å². The van der Waals surface area contributed by atoms with E-state index in [1.165, 1.54) is 10.6 Å². The number of carbonyl (C=O) groups excluding carboxylic acids is 2. The van der Waals surface area contributed by atoms with Crippen LogP contribution in [0.1, 0.15) is 43.4 Å². The van der Waals surface area contributed by atoms with Gasteiger partial charge in [-0.2, -0.15) is 0 Å². The van der Waals surface area contributed by atoms with Crippen LogP contribution >= 0.6 is 11.6 Å². The highest BCUT2D eigenvalue weighted by atomic mass is 35.5. The summed E-state index contributed by atoms with van der Waals surface area (Å²) in [6, 6.07) is 23.2. The average Bonchev–Trinajstić information content (AvgIpc) is 2.88. The highest BCUT2D eigenvalue weighted by molar-refractivity contribution is 7.92. The average molecular weight is 584 g/mol. The molecule has 0 aliphatic heterocycles. The van der Waals surface area contributed by atoms with Crippen LogP contribution < -0.4 is 9.62 Å². The second kappa shape index (κ2) is 14.3. The second-order valence-corrected chi connectivity index (χ2v) is 12.6. The van der Waals surface area contributed by atoms with Crippen LogP contribution in [0.4, 0.5) is 5.69 Å². The van der Waals surface area contributed by atoms with Gasteiger partial charge in [-0.25, -0.2) is 8.42 Å². The molecule has 0 aromatic heterocycles. The van der Waals surface area contributed by atoms with Gasteiger partial charge in [-0.3, -0.25) is 13.9 Å². The molecule has 3 aromatic rings. The van der Waals surface area contributed by atoms with E-state index in [4.69, 9.17) is 11.6 Å². The van der Waals surface area contributed by atoms with Crippen molar-refractivity contribution in [2.45, 2.75) is 58.7 Å². The van der Waals surface area contributed by atoms with Gasteiger partial charge in [0.05, 0.1) is 11.9 Å². The number of nitrogens with one attached hydrogen (secondary N) is 1. The van der Waals surface area contributed by atoms with Crippen molar-refractivity contribution in [3.8, 4) is 0 Å². The lowest BCUT2D eigenvalue weighted by molar-refractivity contribution is -0.141. The summed E-state index contributed by atoms with van der Waals surface area (Å²) >= 11 is 6.24. The number of para-hydroxylation sites is 1. The monoisotopic (exact) mass is 583 g/mol. The Hall–Kier alpha value is -3.36. The number of carbonyl (C=O) groups is 2. The molecule has 1 N–H and O–H groups in total. The zero-order chi connectivity index (χ0) is 29.3. The van der Waals surface area contributed by atoms with Crippen LogP contribution in [-0.2, 0) is 32.6 Å². The lowest BCUT2D eigenvalue weighted by atomic mass is 10.0. The molecular formula is C31H38ClN3O4S. The maximum Gasteiger partial charge on any atom is 0.243 e. The van der Waals surface area contributed by atoms with Crippen LogP contribution in [0.25, 0.3) is 0 Å². The second-order valence-electron chi connectivity index (χ2n) is 10.2. The molecule has 214 valence electrons. The van der Waals surface area contributed by atoms with Crippen LogP contribution in [-0.4, -0.2) is 50.0 Å². The molecule has 3 rings (SSSR count). The summed E-state index contributed by atoms with van der Waals surface area (Å²) in [6.45, 7) is 5.95. The largest absolute Gasteiger partial charge is 0.352 e. The smallest absolute Gasteiger partial charge is 0.243 e. The number of rotatable bonds is 13. The minimum Gasteiger partial charge on any atom is -0.352 e. The van der Waals surface area contributed by atoms with Crippen molar-refractivity contribution in [2.24, 2.45) is 0 Å². The van der Waals surface area contributed by atoms with Crippen molar-refractivity contribution < 1.29 is 18.0 Å². The fourth-order valence-corrected chi connectivity index (χ4v) is 5.83. The highest BCUT2D eigenvalue weighted by Crippen LogP contribution is 2.23. The molecule has 0 fully saturated rings. The number of aryl methyl sites for hydroxylation is 1. The lowest BCUT2D eigenvalue weighted by Gasteiger charge is -2.32. The number of sulfonamides is 1. The van der Waals surface area contributed by atoms with Gasteiger partial charge in [0.25, 0.3) is 0 Å². The van der Waals surface area contributed by atoms with Crippen LogP contribution in [0, 0.1) is 6.92 Å². The Morgan fingerprint density at radius 1 is 0.925 bits per heavy atom. The van der Waals surface area contributed by atoms with Crippen molar-refractivity contribution in [1.82, 2.24) is 10.2 Å². The van der Waals surface area contributed by atoms with Crippen LogP contribution in [0.2, 0.25) is 5.02 Å². The van der Waals surface area contributed by atoms with Gasteiger partial charge in [0.15, 0.2) is 0 Å². The Labute approximate surface area is 243 Å². The molecule has 1 atom stereocenters. The first-order valence-electron chi connectivity index (χ1n) is 13.4. The summed E-state index contributed by atoms with van der Waals surface area (Å²) < 4.78 is 26.6. The Morgan fingerprint density at radius 3 is 2.20 bits per heavy atom. The Bertz CT molecular complexity index is 1400. The fraction of sp³-hybridized carbons (Fsp3) is 0.355. The molecule has 0 aliphatic rings. The van der Waals surface area contributed by atoms with Gasteiger partial charge >= 0.3 is 0 Å². The maximum absolute atomic E-state index is 13.8. The molecule has 0 saturated heterocycles. The van der Waals surface area contributed by atoms with E-state index in [9.17, 15) is 18.0 Å². The summed E-state index contributed by atoms with van der Waals surface area (Å²) in [5.41, 5.74) is 3.15. The fourth-order valence-electron chi connectivity index (χ4n) is 4.59. The molecule has 3 aromatic carbocycles. The van der Waals surface area contributed by atoms with Crippen molar-refractivity contribution in [1.29, 1.82) is 0 Å². The van der Waals surface area contributed by atoms with Gasteiger partial charge in [0, 0.05) is 37.0 Å². The third-order valence-electron chi connectivity index (χ3n) is 6.48. The summed E-state index contributed by atoms with van der Waals surface area (Å²) in [4.78, 5) is 28.9. The van der Waals surface area contributed by atoms with Crippen LogP contribution in [0.5, 0.6) is 0 Å². The normalized spacial score (nSPS) is 12.2. The summed E-state index contributed by atoms with van der Waals surface area (Å²) in [6.07, 6.45) is 1.86. The number of benzene rings is 3. The first-order valence-corrected chi connectivity index (χ1v) is 15.6. The van der Waals surface area contributed by atoms with Gasteiger partial charge in [-0.05, 0) is 62.1 Å². The Morgan fingerprint density at radius 2 is 1.57 bits per heavy atom. The van der Waals surface area contributed by atoms with E-state index in [-0.39, 0.29) is 43.8 Å². The van der Waals surface area contributed by atoms with E-state index >= 15 is 0 Å². The Balaban J connectivity index is 1.89. The van der Waals surface area contributed by atoms with Gasteiger partial charge in [-0.1, -0.05) is 72.3 Å². The molecule has 2 amide bonds. The Kier molecular flexibility index (Phi) is 11.2.